The van der Waals surface area contributed by atoms with Crippen molar-refractivity contribution in [2.24, 2.45) is 0 Å². The van der Waals surface area contributed by atoms with Crippen molar-refractivity contribution >= 4 is 23.4 Å². The fraction of sp³-hybridized carbons (Fsp3) is 0.350. The first kappa shape index (κ1) is 19.2. The Bertz CT molecular complexity index is 676. The second kappa shape index (κ2) is 9.99. The predicted molar refractivity (Wildman–Crippen MR) is 105 cm³/mol. The first-order chi connectivity index (χ1) is 12.1. The number of aryl methyl sites for hydroxylation is 1. The van der Waals surface area contributed by atoms with E-state index < -0.39 is 0 Å². The summed E-state index contributed by atoms with van der Waals surface area (Å²) in [7, 11) is 3.17. The Morgan fingerprint density at radius 1 is 1.08 bits per heavy atom. The number of ether oxygens (including phenoxy) is 2. The first-order valence-electron chi connectivity index (χ1n) is 8.32. The summed E-state index contributed by atoms with van der Waals surface area (Å²) in [5.74, 6) is 2.19. The van der Waals surface area contributed by atoms with Gasteiger partial charge < -0.3 is 14.8 Å². The zero-order valence-electron chi connectivity index (χ0n) is 15.0. The van der Waals surface area contributed by atoms with E-state index in [2.05, 4.69) is 29.6 Å². The number of carbonyl (C=O) groups is 1. The van der Waals surface area contributed by atoms with Gasteiger partial charge in [-0.15, -0.1) is 11.8 Å². The number of carbonyl (C=O) groups excluding carboxylic acids is 1. The van der Waals surface area contributed by atoms with Gasteiger partial charge in [0.2, 0.25) is 5.91 Å². The molecule has 0 bridgehead atoms. The van der Waals surface area contributed by atoms with Gasteiger partial charge in [-0.05, 0) is 43.2 Å². The minimum atomic E-state index is -0.108. The molecule has 0 aromatic heterocycles. The van der Waals surface area contributed by atoms with E-state index in [-0.39, 0.29) is 11.2 Å². The van der Waals surface area contributed by atoms with Crippen molar-refractivity contribution < 1.29 is 14.3 Å². The maximum atomic E-state index is 12.3. The van der Waals surface area contributed by atoms with Crippen molar-refractivity contribution in [2.45, 2.75) is 25.0 Å². The van der Waals surface area contributed by atoms with E-state index in [9.17, 15) is 4.79 Å². The summed E-state index contributed by atoms with van der Waals surface area (Å²) in [6.07, 6.45) is 2.10. The fourth-order valence-electron chi connectivity index (χ4n) is 2.41. The highest BCUT2D eigenvalue weighted by molar-refractivity contribution is 8.00. The van der Waals surface area contributed by atoms with Crippen LogP contribution in [0.4, 0.5) is 5.69 Å². The number of methoxy groups -OCH3 is 2. The van der Waals surface area contributed by atoms with E-state index >= 15 is 0 Å². The van der Waals surface area contributed by atoms with Crippen molar-refractivity contribution in [3.63, 3.8) is 0 Å². The number of amides is 1. The Balaban J connectivity index is 1.78. The van der Waals surface area contributed by atoms with Crippen molar-refractivity contribution in [3.05, 3.63) is 54.1 Å². The number of hydrogen-bond donors (Lipinski definition) is 1. The normalized spacial score (nSPS) is 11.6. The molecule has 0 aliphatic carbocycles. The van der Waals surface area contributed by atoms with Gasteiger partial charge in [0.15, 0.2) is 11.5 Å². The molecule has 0 aliphatic heterocycles. The molecule has 1 amide bonds. The topological polar surface area (TPSA) is 47.6 Å². The van der Waals surface area contributed by atoms with E-state index in [4.69, 9.17) is 9.47 Å². The molecule has 0 radical (unpaired) electrons. The largest absolute Gasteiger partial charge is 0.493 e. The van der Waals surface area contributed by atoms with Crippen LogP contribution >= 0.6 is 11.8 Å². The molecule has 4 nitrogen and oxygen atoms in total. The van der Waals surface area contributed by atoms with Crippen LogP contribution in [0.2, 0.25) is 0 Å². The number of anilines is 1. The quantitative estimate of drug-likeness (QED) is 0.674. The van der Waals surface area contributed by atoms with Crippen LogP contribution in [-0.2, 0) is 11.2 Å². The Hall–Kier alpha value is -2.14. The third-order valence-electron chi connectivity index (χ3n) is 3.84. The Morgan fingerprint density at radius 2 is 1.80 bits per heavy atom. The highest BCUT2D eigenvalue weighted by Crippen LogP contribution is 2.30. The van der Waals surface area contributed by atoms with Gasteiger partial charge >= 0.3 is 0 Å². The lowest BCUT2D eigenvalue weighted by Gasteiger charge is -2.14. The van der Waals surface area contributed by atoms with Crippen LogP contribution in [0, 0.1) is 0 Å². The van der Waals surface area contributed by atoms with Gasteiger partial charge in [-0.25, -0.2) is 0 Å². The van der Waals surface area contributed by atoms with Crippen LogP contribution in [0.5, 0.6) is 11.5 Å². The summed E-state index contributed by atoms with van der Waals surface area (Å²) < 4.78 is 10.5. The van der Waals surface area contributed by atoms with Gasteiger partial charge in [-0.1, -0.05) is 30.3 Å². The molecule has 2 aromatic carbocycles. The third kappa shape index (κ3) is 6.02. The zero-order valence-corrected chi connectivity index (χ0v) is 15.8. The van der Waals surface area contributed by atoms with Gasteiger partial charge in [0.1, 0.15) is 0 Å². The molecule has 0 aliphatic rings. The molecule has 0 saturated heterocycles. The van der Waals surface area contributed by atoms with E-state index in [0.29, 0.717) is 17.2 Å². The number of hydrogen-bond acceptors (Lipinski definition) is 4. The molecular formula is C20H25NO3S. The third-order valence-corrected chi connectivity index (χ3v) is 5.08. The van der Waals surface area contributed by atoms with Crippen LogP contribution in [0.1, 0.15) is 18.9 Å². The van der Waals surface area contributed by atoms with Crippen LogP contribution in [0.15, 0.2) is 48.5 Å². The average Bonchev–Trinajstić information content (AvgIpc) is 2.65. The van der Waals surface area contributed by atoms with E-state index in [1.165, 1.54) is 5.56 Å². The Labute approximate surface area is 153 Å². The predicted octanol–water partition coefficient (Wildman–Crippen LogP) is 4.40. The number of benzene rings is 2. The summed E-state index contributed by atoms with van der Waals surface area (Å²) in [6, 6.07) is 15.8. The van der Waals surface area contributed by atoms with E-state index in [1.807, 2.05) is 19.1 Å². The average molecular weight is 359 g/mol. The summed E-state index contributed by atoms with van der Waals surface area (Å²) >= 11 is 1.67. The number of thioether (sulfide) groups is 1. The van der Waals surface area contributed by atoms with Crippen LogP contribution < -0.4 is 14.8 Å². The molecule has 1 atom stereocenters. The minimum absolute atomic E-state index is 0.00284. The van der Waals surface area contributed by atoms with Crippen LogP contribution in [-0.4, -0.2) is 31.1 Å². The van der Waals surface area contributed by atoms with Crippen molar-refractivity contribution in [3.8, 4) is 11.5 Å². The monoisotopic (exact) mass is 359 g/mol. The summed E-state index contributed by atoms with van der Waals surface area (Å²) in [4.78, 5) is 12.3. The molecule has 2 aromatic rings. The van der Waals surface area contributed by atoms with Crippen molar-refractivity contribution in [1.29, 1.82) is 0 Å². The molecule has 1 N–H and O–H groups in total. The SMILES string of the molecule is COc1ccc(NC(=O)C(C)SCCCc2ccccc2)cc1OC. The number of rotatable bonds is 9. The Morgan fingerprint density at radius 3 is 2.48 bits per heavy atom. The van der Waals surface area contributed by atoms with E-state index in [0.717, 1.165) is 18.6 Å². The van der Waals surface area contributed by atoms with Gasteiger partial charge in [-0.2, -0.15) is 0 Å². The molecule has 134 valence electrons. The maximum Gasteiger partial charge on any atom is 0.237 e. The second-order valence-electron chi connectivity index (χ2n) is 5.66. The lowest BCUT2D eigenvalue weighted by molar-refractivity contribution is -0.115. The fourth-order valence-corrected chi connectivity index (χ4v) is 3.29. The van der Waals surface area contributed by atoms with Gasteiger partial charge in [0, 0.05) is 11.8 Å². The molecule has 5 heteroatoms. The molecular weight excluding hydrogens is 334 g/mol. The smallest absolute Gasteiger partial charge is 0.237 e. The lowest BCUT2D eigenvalue weighted by Crippen LogP contribution is -2.22. The second-order valence-corrected chi connectivity index (χ2v) is 7.11. The first-order valence-corrected chi connectivity index (χ1v) is 9.37. The standard InChI is InChI=1S/C20H25NO3S/c1-15(25-13-7-10-16-8-5-4-6-9-16)20(22)21-17-11-12-18(23-2)19(14-17)24-3/h4-6,8-9,11-12,14-15H,7,10,13H2,1-3H3,(H,21,22). The zero-order chi connectivity index (χ0) is 18.1. The Kier molecular flexibility index (Phi) is 7.67. The van der Waals surface area contributed by atoms with Crippen molar-refractivity contribution in [2.75, 3.05) is 25.3 Å². The maximum absolute atomic E-state index is 12.3. The van der Waals surface area contributed by atoms with Gasteiger partial charge in [-0.3, -0.25) is 4.79 Å². The molecule has 0 heterocycles. The summed E-state index contributed by atoms with van der Waals surface area (Å²) in [5.41, 5.74) is 2.05. The van der Waals surface area contributed by atoms with Crippen molar-refractivity contribution in [1.82, 2.24) is 0 Å². The highest BCUT2D eigenvalue weighted by atomic mass is 32.2. The molecule has 2 rings (SSSR count). The summed E-state index contributed by atoms with van der Waals surface area (Å²) in [6.45, 7) is 1.93. The molecule has 0 spiro atoms. The summed E-state index contributed by atoms with van der Waals surface area (Å²) in [5, 5.41) is 2.82. The van der Waals surface area contributed by atoms with Gasteiger partial charge in [0.05, 0.1) is 19.5 Å². The molecule has 25 heavy (non-hydrogen) atoms. The molecule has 0 saturated carbocycles. The lowest BCUT2D eigenvalue weighted by atomic mass is 10.1. The highest BCUT2D eigenvalue weighted by Gasteiger charge is 2.14. The van der Waals surface area contributed by atoms with E-state index in [1.54, 1.807) is 38.1 Å². The minimum Gasteiger partial charge on any atom is -0.493 e. The van der Waals surface area contributed by atoms with Crippen LogP contribution in [0.3, 0.4) is 0 Å². The number of nitrogens with one attached hydrogen (secondary N) is 1. The van der Waals surface area contributed by atoms with Crippen LogP contribution in [0.25, 0.3) is 0 Å². The molecule has 0 fully saturated rings. The van der Waals surface area contributed by atoms with Gasteiger partial charge in [0.25, 0.3) is 0 Å². The molecule has 1 unspecified atom stereocenters.